The first kappa shape index (κ1) is 19.8. The third kappa shape index (κ3) is 4.05. The van der Waals surface area contributed by atoms with Crippen molar-refractivity contribution in [1.82, 2.24) is 5.32 Å². The summed E-state index contributed by atoms with van der Waals surface area (Å²) in [5.74, 6) is 2.38. The second kappa shape index (κ2) is 8.19. The van der Waals surface area contributed by atoms with E-state index in [1.54, 1.807) is 0 Å². The summed E-state index contributed by atoms with van der Waals surface area (Å²) in [4.78, 5) is 13.2. The highest BCUT2D eigenvalue weighted by Crippen LogP contribution is 2.57. The van der Waals surface area contributed by atoms with Crippen molar-refractivity contribution in [1.29, 1.82) is 0 Å². The quantitative estimate of drug-likeness (QED) is 0.680. The third-order valence-electron chi connectivity index (χ3n) is 7.52. The van der Waals surface area contributed by atoms with Crippen LogP contribution in [-0.2, 0) is 9.53 Å². The van der Waals surface area contributed by atoms with Crippen LogP contribution in [-0.4, -0.2) is 24.2 Å². The molecule has 30 heavy (non-hydrogen) atoms. The molecule has 1 amide bonds. The molecular weight excluding hydrogens is 370 g/mol. The van der Waals surface area contributed by atoms with Crippen molar-refractivity contribution in [3.05, 3.63) is 71.8 Å². The van der Waals surface area contributed by atoms with Crippen LogP contribution in [0.5, 0.6) is 0 Å². The average molecular weight is 404 g/mol. The van der Waals surface area contributed by atoms with Gasteiger partial charge < -0.3 is 10.1 Å². The number of nitrogens with one attached hydrogen (secondary N) is 1. The second-order valence-corrected chi connectivity index (χ2v) is 10.0. The monoisotopic (exact) mass is 403 g/mol. The van der Waals surface area contributed by atoms with Gasteiger partial charge in [0.2, 0.25) is 5.91 Å². The largest absolute Gasteiger partial charge is 0.370 e. The van der Waals surface area contributed by atoms with E-state index in [-0.39, 0.29) is 23.5 Å². The van der Waals surface area contributed by atoms with E-state index in [2.05, 4.69) is 12.2 Å². The van der Waals surface area contributed by atoms with Gasteiger partial charge in [-0.1, -0.05) is 60.7 Å². The van der Waals surface area contributed by atoms with E-state index < -0.39 is 0 Å². The van der Waals surface area contributed by atoms with E-state index in [9.17, 15) is 4.79 Å². The lowest BCUT2D eigenvalue weighted by atomic mass is 9.54. The van der Waals surface area contributed by atoms with Gasteiger partial charge in [0.1, 0.15) is 0 Å². The van der Waals surface area contributed by atoms with E-state index in [4.69, 9.17) is 4.74 Å². The molecule has 0 aromatic heterocycles. The van der Waals surface area contributed by atoms with Gasteiger partial charge in [0, 0.05) is 6.54 Å². The Labute approximate surface area is 180 Å². The number of amides is 1. The van der Waals surface area contributed by atoms with E-state index in [0.29, 0.717) is 6.54 Å². The molecule has 1 N–H and O–H groups in total. The van der Waals surface area contributed by atoms with Crippen LogP contribution in [0.25, 0.3) is 0 Å². The highest BCUT2D eigenvalue weighted by molar-refractivity contribution is 5.87. The fraction of sp³-hybridized carbons (Fsp3) is 0.519. The molecule has 158 valence electrons. The molecule has 0 saturated heterocycles. The zero-order chi connectivity index (χ0) is 20.6. The predicted molar refractivity (Wildman–Crippen MR) is 119 cm³/mol. The average Bonchev–Trinajstić information content (AvgIpc) is 2.73. The molecule has 4 bridgehead atoms. The highest BCUT2D eigenvalue weighted by atomic mass is 16.5. The normalized spacial score (nSPS) is 30.4. The maximum atomic E-state index is 13.2. The van der Waals surface area contributed by atoms with Crippen LogP contribution < -0.4 is 5.32 Å². The summed E-state index contributed by atoms with van der Waals surface area (Å²) in [6.07, 6.45) is 7.99. The molecule has 2 aromatic carbocycles. The van der Waals surface area contributed by atoms with Gasteiger partial charge in [0.05, 0.1) is 17.6 Å². The number of hydrogen-bond donors (Lipinski definition) is 1. The zero-order valence-corrected chi connectivity index (χ0v) is 17.9. The van der Waals surface area contributed by atoms with Crippen molar-refractivity contribution >= 4 is 5.91 Å². The van der Waals surface area contributed by atoms with Crippen LogP contribution >= 0.6 is 0 Å². The Morgan fingerprint density at radius 3 is 1.83 bits per heavy atom. The molecule has 0 radical (unpaired) electrons. The summed E-state index contributed by atoms with van der Waals surface area (Å²) < 4.78 is 6.68. The first-order valence-corrected chi connectivity index (χ1v) is 11.7. The fourth-order valence-corrected chi connectivity index (χ4v) is 6.78. The van der Waals surface area contributed by atoms with Gasteiger partial charge in [0.25, 0.3) is 0 Å². The Bertz CT molecular complexity index is 788. The van der Waals surface area contributed by atoms with E-state index in [1.165, 1.54) is 38.5 Å². The van der Waals surface area contributed by atoms with Crippen molar-refractivity contribution in [2.24, 2.45) is 17.8 Å². The summed E-state index contributed by atoms with van der Waals surface area (Å²) in [6.45, 7) is 2.69. The zero-order valence-electron chi connectivity index (χ0n) is 17.9. The van der Waals surface area contributed by atoms with Gasteiger partial charge in [-0.05, 0) is 74.3 Å². The van der Waals surface area contributed by atoms with Crippen molar-refractivity contribution in [3.63, 3.8) is 0 Å². The van der Waals surface area contributed by atoms with Crippen LogP contribution in [0.3, 0.4) is 0 Å². The minimum absolute atomic E-state index is 0.0393. The Morgan fingerprint density at radius 1 is 0.900 bits per heavy atom. The second-order valence-electron chi connectivity index (χ2n) is 10.0. The number of carbonyl (C=O) groups excluding carboxylic acids is 1. The van der Waals surface area contributed by atoms with Gasteiger partial charge in [-0.25, -0.2) is 0 Å². The lowest BCUT2D eigenvalue weighted by Crippen LogP contribution is -2.54. The Kier molecular flexibility index (Phi) is 5.41. The molecule has 0 heterocycles. The van der Waals surface area contributed by atoms with E-state index in [1.807, 2.05) is 60.7 Å². The summed E-state index contributed by atoms with van der Waals surface area (Å²) in [5.41, 5.74) is 2.13. The summed E-state index contributed by atoms with van der Waals surface area (Å²) >= 11 is 0. The van der Waals surface area contributed by atoms with Crippen LogP contribution in [0.4, 0.5) is 0 Å². The minimum Gasteiger partial charge on any atom is -0.370 e. The van der Waals surface area contributed by atoms with Crippen molar-refractivity contribution in [3.8, 4) is 0 Å². The smallest absolute Gasteiger partial charge is 0.232 e. The molecule has 6 rings (SSSR count). The molecule has 4 aliphatic carbocycles. The molecule has 4 saturated carbocycles. The van der Waals surface area contributed by atoms with E-state index >= 15 is 0 Å². The van der Waals surface area contributed by atoms with E-state index in [0.717, 1.165) is 28.9 Å². The van der Waals surface area contributed by atoms with Gasteiger partial charge >= 0.3 is 0 Å². The van der Waals surface area contributed by atoms with Crippen LogP contribution in [0, 0.1) is 17.8 Å². The van der Waals surface area contributed by atoms with Gasteiger partial charge in [0.15, 0.2) is 0 Å². The first-order chi connectivity index (χ1) is 14.6. The summed E-state index contributed by atoms with van der Waals surface area (Å²) in [6, 6.07) is 20.1. The molecular formula is C27H33NO2. The lowest BCUT2D eigenvalue weighted by molar-refractivity contribution is -0.183. The molecule has 4 fully saturated rings. The van der Waals surface area contributed by atoms with Gasteiger partial charge in [-0.15, -0.1) is 0 Å². The number of ether oxygens (including phenoxy) is 1. The third-order valence-corrected chi connectivity index (χ3v) is 7.52. The van der Waals surface area contributed by atoms with Gasteiger partial charge in [-0.3, -0.25) is 4.79 Å². The minimum atomic E-state index is -0.292. The Balaban J connectivity index is 1.24. The van der Waals surface area contributed by atoms with Gasteiger partial charge in [-0.2, -0.15) is 0 Å². The topological polar surface area (TPSA) is 38.3 Å². The molecule has 2 aromatic rings. The molecule has 3 heteroatoms. The molecule has 3 nitrogen and oxygen atoms in total. The summed E-state index contributed by atoms with van der Waals surface area (Å²) in [7, 11) is 0. The number of benzene rings is 2. The van der Waals surface area contributed by atoms with Crippen molar-refractivity contribution in [2.45, 2.75) is 63.1 Å². The molecule has 4 aliphatic rings. The first-order valence-electron chi connectivity index (χ1n) is 11.7. The SMILES string of the molecule is C[C@H](CNC(=O)C(c1ccccc1)c1ccccc1)OC12CC3CC(CC(C3)C1)C2. The number of rotatable bonds is 7. The number of hydrogen-bond acceptors (Lipinski definition) is 2. The fourth-order valence-electron chi connectivity index (χ4n) is 6.78. The highest BCUT2D eigenvalue weighted by Gasteiger charge is 2.52. The Morgan fingerprint density at radius 2 is 1.37 bits per heavy atom. The summed E-state index contributed by atoms with van der Waals surface area (Å²) in [5, 5.41) is 3.20. The maximum absolute atomic E-state index is 13.2. The number of carbonyl (C=O) groups is 1. The lowest BCUT2D eigenvalue weighted by Gasteiger charge is -2.57. The van der Waals surface area contributed by atoms with Crippen LogP contribution in [0.15, 0.2) is 60.7 Å². The molecule has 0 aliphatic heterocycles. The molecule has 0 spiro atoms. The van der Waals surface area contributed by atoms with Crippen LogP contribution in [0.2, 0.25) is 0 Å². The molecule has 1 atom stereocenters. The van der Waals surface area contributed by atoms with Crippen molar-refractivity contribution < 1.29 is 9.53 Å². The van der Waals surface area contributed by atoms with Crippen LogP contribution in [0.1, 0.15) is 62.5 Å². The Hall–Kier alpha value is -2.13. The molecule has 0 unspecified atom stereocenters. The maximum Gasteiger partial charge on any atom is 0.232 e. The standard InChI is InChI=1S/C27H33NO2/c1-19(30-27-15-20-12-21(16-27)14-22(13-20)17-27)18-28-26(29)25(23-8-4-2-5-9-23)24-10-6-3-7-11-24/h2-11,19-22,25H,12-18H2,1H3,(H,28,29)/t19-,20?,21?,22?,27?/m1/s1. The predicted octanol–water partition coefficient (Wildman–Crippen LogP) is 5.31. The van der Waals surface area contributed by atoms with Crippen molar-refractivity contribution in [2.75, 3.05) is 6.54 Å².